The molecule has 0 spiro atoms. The first-order chi connectivity index (χ1) is 5.74. The van der Waals surface area contributed by atoms with Crippen LogP contribution in [0.5, 0.6) is 0 Å². The molecule has 1 heterocycles. The summed E-state index contributed by atoms with van der Waals surface area (Å²) in [6.07, 6.45) is 2.85. The summed E-state index contributed by atoms with van der Waals surface area (Å²) in [7, 11) is 0. The molecule has 0 saturated carbocycles. The van der Waals surface area contributed by atoms with Gasteiger partial charge in [0.05, 0.1) is 6.10 Å². The second kappa shape index (κ2) is 4.83. The molecule has 0 aromatic rings. The summed E-state index contributed by atoms with van der Waals surface area (Å²) in [4.78, 5) is 0. The molecular formula is C10H21NO. The fourth-order valence-corrected chi connectivity index (χ4v) is 1.50. The summed E-state index contributed by atoms with van der Waals surface area (Å²) in [5.41, 5.74) is 0. The van der Waals surface area contributed by atoms with Gasteiger partial charge in [-0.25, -0.2) is 0 Å². The summed E-state index contributed by atoms with van der Waals surface area (Å²) >= 11 is 0. The predicted octanol–water partition coefficient (Wildman–Crippen LogP) is 1.80. The van der Waals surface area contributed by atoms with Gasteiger partial charge < -0.3 is 10.1 Å². The Labute approximate surface area is 75.7 Å². The van der Waals surface area contributed by atoms with Crippen LogP contribution in [-0.2, 0) is 4.74 Å². The molecule has 72 valence electrons. The highest BCUT2D eigenvalue weighted by atomic mass is 16.5. The molecule has 0 aromatic heterocycles. The number of nitrogens with one attached hydrogen (secondary N) is 1. The molecule has 2 nitrogen and oxygen atoms in total. The third-order valence-electron chi connectivity index (χ3n) is 2.80. The van der Waals surface area contributed by atoms with Gasteiger partial charge in [-0.05, 0) is 25.8 Å². The quantitative estimate of drug-likeness (QED) is 0.696. The zero-order valence-electron chi connectivity index (χ0n) is 8.47. The molecule has 1 fully saturated rings. The van der Waals surface area contributed by atoms with E-state index in [1.807, 2.05) is 0 Å². The lowest BCUT2D eigenvalue weighted by Gasteiger charge is -2.18. The smallest absolute Gasteiger partial charge is 0.0700 e. The van der Waals surface area contributed by atoms with Crippen LogP contribution in [0.3, 0.4) is 0 Å². The molecule has 0 amide bonds. The average Bonchev–Trinajstić information content (AvgIpc) is 2.47. The number of ether oxygens (including phenoxy) is 1. The van der Waals surface area contributed by atoms with Crippen LogP contribution in [0.4, 0.5) is 0 Å². The molecule has 1 N–H and O–H groups in total. The van der Waals surface area contributed by atoms with Crippen molar-refractivity contribution in [2.24, 2.45) is 5.92 Å². The Morgan fingerprint density at radius 2 is 2.33 bits per heavy atom. The molecule has 1 rings (SSSR count). The van der Waals surface area contributed by atoms with Crippen LogP contribution in [0.15, 0.2) is 0 Å². The van der Waals surface area contributed by atoms with Gasteiger partial charge in [-0.1, -0.05) is 20.3 Å². The van der Waals surface area contributed by atoms with Gasteiger partial charge in [-0.3, -0.25) is 0 Å². The Morgan fingerprint density at radius 3 is 2.83 bits per heavy atom. The van der Waals surface area contributed by atoms with E-state index in [-0.39, 0.29) is 0 Å². The maximum absolute atomic E-state index is 5.47. The average molecular weight is 171 g/mol. The van der Waals surface area contributed by atoms with Crippen LogP contribution in [-0.4, -0.2) is 25.3 Å². The van der Waals surface area contributed by atoms with Gasteiger partial charge >= 0.3 is 0 Å². The zero-order valence-corrected chi connectivity index (χ0v) is 8.47. The van der Waals surface area contributed by atoms with Crippen molar-refractivity contribution in [3.8, 4) is 0 Å². The largest absolute Gasteiger partial charge is 0.377 e. The molecule has 3 atom stereocenters. The minimum Gasteiger partial charge on any atom is -0.377 e. The van der Waals surface area contributed by atoms with Crippen molar-refractivity contribution in [1.29, 1.82) is 0 Å². The van der Waals surface area contributed by atoms with E-state index in [9.17, 15) is 0 Å². The van der Waals surface area contributed by atoms with E-state index in [0.717, 1.165) is 19.1 Å². The normalized spacial score (nSPS) is 32.2. The molecule has 0 aliphatic carbocycles. The molecule has 0 bridgehead atoms. The molecule has 1 saturated heterocycles. The molecule has 0 radical (unpaired) electrons. The Kier molecular flexibility index (Phi) is 4.02. The summed E-state index contributed by atoms with van der Waals surface area (Å²) in [5, 5.41) is 3.56. The van der Waals surface area contributed by atoms with Crippen LogP contribution in [0.1, 0.15) is 33.6 Å². The molecule has 1 aliphatic heterocycles. The van der Waals surface area contributed by atoms with Crippen molar-refractivity contribution in [2.45, 2.75) is 45.8 Å². The summed E-state index contributed by atoms with van der Waals surface area (Å²) in [6, 6.07) is 0.596. The van der Waals surface area contributed by atoms with Crippen LogP contribution in [0, 0.1) is 5.92 Å². The Balaban J connectivity index is 2.13. The number of hydrogen-bond acceptors (Lipinski definition) is 2. The van der Waals surface area contributed by atoms with Crippen LogP contribution >= 0.6 is 0 Å². The number of rotatable bonds is 4. The Bertz CT molecular complexity index is 127. The highest BCUT2D eigenvalue weighted by molar-refractivity contribution is 4.79. The van der Waals surface area contributed by atoms with Crippen molar-refractivity contribution < 1.29 is 4.74 Å². The molecule has 12 heavy (non-hydrogen) atoms. The Hall–Kier alpha value is -0.0800. The van der Waals surface area contributed by atoms with E-state index < -0.39 is 0 Å². The lowest BCUT2D eigenvalue weighted by atomic mass is 10.1. The molecule has 2 heteroatoms. The Morgan fingerprint density at radius 1 is 1.58 bits per heavy atom. The van der Waals surface area contributed by atoms with Gasteiger partial charge in [-0.15, -0.1) is 0 Å². The van der Waals surface area contributed by atoms with Crippen LogP contribution in [0.25, 0.3) is 0 Å². The van der Waals surface area contributed by atoms with Gasteiger partial charge in [0, 0.05) is 12.6 Å². The maximum atomic E-state index is 5.47. The van der Waals surface area contributed by atoms with Crippen molar-refractivity contribution in [3.63, 3.8) is 0 Å². The standard InChI is InChI=1S/C10H21NO/c1-4-8(2)7-11-10-5-6-12-9(10)3/h8-11H,4-7H2,1-3H3. The highest BCUT2D eigenvalue weighted by Crippen LogP contribution is 2.13. The van der Waals surface area contributed by atoms with E-state index in [4.69, 9.17) is 4.74 Å². The third kappa shape index (κ3) is 2.76. The minimum absolute atomic E-state index is 0.411. The molecular weight excluding hydrogens is 150 g/mol. The monoisotopic (exact) mass is 171 g/mol. The molecule has 0 aromatic carbocycles. The lowest BCUT2D eigenvalue weighted by molar-refractivity contribution is 0.112. The SMILES string of the molecule is CCC(C)CNC1CCOC1C. The first-order valence-electron chi connectivity index (χ1n) is 5.09. The fourth-order valence-electron chi connectivity index (χ4n) is 1.50. The first kappa shape index (κ1) is 10.0. The zero-order chi connectivity index (χ0) is 8.97. The fraction of sp³-hybridized carbons (Fsp3) is 1.00. The van der Waals surface area contributed by atoms with Gasteiger partial charge in [0.25, 0.3) is 0 Å². The summed E-state index contributed by atoms with van der Waals surface area (Å²) < 4.78 is 5.47. The van der Waals surface area contributed by atoms with Crippen molar-refractivity contribution >= 4 is 0 Å². The second-order valence-electron chi connectivity index (χ2n) is 3.89. The van der Waals surface area contributed by atoms with Crippen LogP contribution in [0.2, 0.25) is 0 Å². The van der Waals surface area contributed by atoms with Gasteiger partial charge in [0.15, 0.2) is 0 Å². The summed E-state index contributed by atoms with van der Waals surface area (Å²) in [6.45, 7) is 8.74. The van der Waals surface area contributed by atoms with E-state index >= 15 is 0 Å². The van der Waals surface area contributed by atoms with Gasteiger partial charge in [0.1, 0.15) is 0 Å². The van der Waals surface area contributed by atoms with E-state index in [1.54, 1.807) is 0 Å². The van der Waals surface area contributed by atoms with E-state index in [2.05, 4.69) is 26.1 Å². The first-order valence-corrected chi connectivity index (χ1v) is 5.09. The van der Waals surface area contributed by atoms with E-state index in [1.165, 1.54) is 12.8 Å². The second-order valence-corrected chi connectivity index (χ2v) is 3.89. The topological polar surface area (TPSA) is 21.3 Å². The van der Waals surface area contributed by atoms with Crippen molar-refractivity contribution in [2.75, 3.05) is 13.2 Å². The minimum atomic E-state index is 0.411. The van der Waals surface area contributed by atoms with E-state index in [0.29, 0.717) is 12.1 Å². The maximum Gasteiger partial charge on any atom is 0.0700 e. The van der Waals surface area contributed by atoms with Crippen LogP contribution < -0.4 is 5.32 Å². The predicted molar refractivity (Wildman–Crippen MR) is 51.3 cm³/mol. The van der Waals surface area contributed by atoms with Gasteiger partial charge in [0.2, 0.25) is 0 Å². The lowest BCUT2D eigenvalue weighted by Crippen LogP contribution is -2.37. The highest BCUT2D eigenvalue weighted by Gasteiger charge is 2.23. The molecule has 3 unspecified atom stereocenters. The van der Waals surface area contributed by atoms with Crippen molar-refractivity contribution in [3.05, 3.63) is 0 Å². The molecule has 1 aliphatic rings. The number of hydrogen-bond donors (Lipinski definition) is 1. The van der Waals surface area contributed by atoms with Crippen molar-refractivity contribution in [1.82, 2.24) is 5.32 Å². The summed E-state index contributed by atoms with van der Waals surface area (Å²) in [5.74, 6) is 0.790. The van der Waals surface area contributed by atoms with Gasteiger partial charge in [-0.2, -0.15) is 0 Å². The third-order valence-corrected chi connectivity index (χ3v) is 2.80.